The van der Waals surface area contributed by atoms with Gasteiger partial charge in [0.25, 0.3) is 0 Å². The predicted octanol–water partition coefficient (Wildman–Crippen LogP) is 3.51. The number of aryl methyl sites for hydroxylation is 1. The Balaban J connectivity index is 0.000000289. The Kier molecular flexibility index (Phi) is 11.0. The molecule has 0 aliphatic carbocycles. The van der Waals surface area contributed by atoms with Gasteiger partial charge in [-0.05, 0) is 0 Å². The van der Waals surface area contributed by atoms with Crippen molar-refractivity contribution >= 4 is 0 Å². The quantitative estimate of drug-likeness (QED) is 0.858. The predicted molar refractivity (Wildman–Crippen MR) is 66.9 cm³/mol. The van der Waals surface area contributed by atoms with E-state index in [0.29, 0.717) is 5.75 Å². The van der Waals surface area contributed by atoms with E-state index in [1.54, 1.807) is 24.3 Å². The van der Waals surface area contributed by atoms with Crippen LogP contribution in [0.4, 0.5) is 0 Å². The van der Waals surface area contributed by atoms with E-state index in [-0.39, 0.29) is 0 Å². The summed E-state index contributed by atoms with van der Waals surface area (Å²) in [5, 5.41) is 8.61. The number of benzene rings is 2. The van der Waals surface area contributed by atoms with Crippen LogP contribution >= 0.6 is 0 Å². The van der Waals surface area contributed by atoms with E-state index in [1.165, 1.54) is 18.4 Å². The van der Waals surface area contributed by atoms with Gasteiger partial charge in [0.1, 0.15) is 0 Å². The Morgan fingerprint density at radius 3 is 1.78 bits per heavy atom. The van der Waals surface area contributed by atoms with E-state index in [1.807, 2.05) is 12.1 Å². The van der Waals surface area contributed by atoms with Crippen LogP contribution in [0.2, 0.25) is 0 Å². The molecule has 0 amide bonds. The zero-order valence-corrected chi connectivity index (χ0v) is 11.3. The van der Waals surface area contributed by atoms with Gasteiger partial charge >= 0.3 is 19.5 Å². The van der Waals surface area contributed by atoms with Gasteiger partial charge in [-0.15, -0.1) is 12.1 Å². The van der Waals surface area contributed by atoms with Crippen molar-refractivity contribution in [2.75, 3.05) is 0 Å². The molecular formula is C15H16CoO2-2. The maximum atomic E-state index is 8.61. The third-order valence-corrected chi connectivity index (χ3v) is 2.03. The fourth-order valence-electron chi connectivity index (χ4n) is 1.25. The number of rotatable bonds is 2. The van der Waals surface area contributed by atoms with Crippen LogP contribution in [0.1, 0.15) is 18.9 Å². The van der Waals surface area contributed by atoms with Gasteiger partial charge in [-0.1, -0.05) is 19.8 Å². The van der Waals surface area contributed by atoms with Gasteiger partial charge in [0, 0.05) is 5.75 Å². The first-order valence-corrected chi connectivity index (χ1v) is 5.99. The SMILES string of the molecule is CCCc1cc[c-]cc1.Oc1cc[c-]cc1.[O]=[Co]. The first-order valence-electron chi connectivity index (χ1n) is 5.56. The monoisotopic (exact) mass is 287 g/mol. The fourth-order valence-corrected chi connectivity index (χ4v) is 1.25. The molecule has 2 rings (SSSR count). The fraction of sp³-hybridized carbons (Fsp3) is 0.200. The van der Waals surface area contributed by atoms with Crippen LogP contribution in [0.15, 0.2) is 48.5 Å². The molecule has 99 valence electrons. The van der Waals surface area contributed by atoms with Crippen LogP contribution in [-0.2, 0) is 26.0 Å². The standard InChI is InChI=1S/C9H11.C6H5O.Co.O/c1-2-6-9-7-4-3-5-8-9;7-6-4-2-1-3-5-6;;/h4-5,7-8H,2,6H2,1H3;2-5,7H;;/q2*-1;;. The van der Waals surface area contributed by atoms with E-state index >= 15 is 0 Å². The van der Waals surface area contributed by atoms with Gasteiger partial charge in [-0.3, -0.25) is 0 Å². The van der Waals surface area contributed by atoms with E-state index in [9.17, 15) is 0 Å². The van der Waals surface area contributed by atoms with Gasteiger partial charge in [-0.25, -0.2) is 0 Å². The molecule has 0 unspecified atom stereocenters. The molecule has 0 radical (unpaired) electrons. The molecule has 0 aliphatic rings. The number of hydrogen-bond acceptors (Lipinski definition) is 2. The molecule has 0 aromatic heterocycles. The summed E-state index contributed by atoms with van der Waals surface area (Å²) in [5.41, 5.74) is 1.41. The van der Waals surface area contributed by atoms with Crippen LogP contribution in [0.3, 0.4) is 0 Å². The maximum absolute atomic E-state index is 8.61. The normalized spacial score (nSPS) is 8.33. The second-order valence-corrected chi connectivity index (χ2v) is 3.42. The topological polar surface area (TPSA) is 37.3 Å². The summed E-state index contributed by atoms with van der Waals surface area (Å²) >= 11 is 2.31. The third kappa shape index (κ3) is 8.67. The van der Waals surface area contributed by atoms with Crippen molar-refractivity contribution in [2.45, 2.75) is 19.8 Å². The van der Waals surface area contributed by atoms with Gasteiger partial charge in [-0.2, -0.15) is 54.1 Å². The Labute approximate surface area is 116 Å². The molecule has 2 aromatic carbocycles. The second kappa shape index (κ2) is 12.0. The van der Waals surface area contributed by atoms with E-state index in [0.717, 1.165) is 0 Å². The van der Waals surface area contributed by atoms with Crippen LogP contribution in [0.5, 0.6) is 5.75 Å². The molecule has 0 bridgehead atoms. The van der Waals surface area contributed by atoms with Crippen molar-refractivity contribution in [3.05, 3.63) is 66.2 Å². The summed E-state index contributed by atoms with van der Waals surface area (Å²) < 4.78 is 7.94. The number of aromatic hydroxyl groups is 1. The molecule has 0 fully saturated rings. The molecule has 2 nitrogen and oxygen atoms in total. The molecule has 0 atom stereocenters. The Bertz CT molecular complexity index is 390. The summed E-state index contributed by atoms with van der Waals surface area (Å²) in [6.07, 6.45) is 2.42. The van der Waals surface area contributed by atoms with Gasteiger partial charge < -0.3 is 5.11 Å². The van der Waals surface area contributed by atoms with Crippen molar-refractivity contribution in [1.82, 2.24) is 0 Å². The van der Waals surface area contributed by atoms with Crippen molar-refractivity contribution in [3.8, 4) is 5.75 Å². The summed E-state index contributed by atoms with van der Waals surface area (Å²) in [5.74, 6) is 0.291. The third-order valence-electron chi connectivity index (χ3n) is 2.03. The second-order valence-electron chi connectivity index (χ2n) is 3.42. The van der Waals surface area contributed by atoms with Crippen molar-refractivity contribution in [3.63, 3.8) is 0 Å². The van der Waals surface area contributed by atoms with Crippen LogP contribution in [0, 0.1) is 12.1 Å². The average molecular weight is 287 g/mol. The summed E-state index contributed by atoms with van der Waals surface area (Å²) in [6.45, 7) is 2.19. The molecular weight excluding hydrogens is 271 g/mol. The molecule has 18 heavy (non-hydrogen) atoms. The molecule has 0 heterocycles. The van der Waals surface area contributed by atoms with Crippen molar-refractivity contribution in [2.24, 2.45) is 0 Å². The van der Waals surface area contributed by atoms with Crippen molar-refractivity contribution in [1.29, 1.82) is 0 Å². The Morgan fingerprint density at radius 2 is 1.44 bits per heavy atom. The Hall–Kier alpha value is -1.45. The van der Waals surface area contributed by atoms with E-state index in [4.69, 9.17) is 8.97 Å². The number of hydrogen-bond donors (Lipinski definition) is 1. The Morgan fingerprint density at radius 1 is 1.00 bits per heavy atom. The molecule has 1 N–H and O–H groups in total. The summed E-state index contributed by atoms with van der Waals surface area (Å²) in [4.78, 5) is 0. The molecule has 0 saturated carbocycles. The number of phenolic OH excluding ortho intramolecular Hbond substituents is 1. The van der Waals surface area contributed by atoms with Crippen molar-refractivity contribution < 1.29 is 24.6 Å². The minimum atomic E-state index is 0.291. The summed E-state index contributed by atoms with van der Waals surface area (Å²) in [6, 6.07) is 20.4. The zero-order chi connectivity index (χ0) is 13.6. The first-order chi connectivity index (χ1) is 8.83. The zero-order valence-electron chi connectivity index (χ0n) is 10.2. The molecule has 0 spiro atoms. The van der Waals surface area contributed by atoms with Gasteiger partial charge in [0.2, 0.25) is 0 Å². The number of phenols is 1. The van der Waals surface area contributed by atoms with Gasteiger partial charge in [0.15, 0.2) is 0 Å². The minimum absolute atomic E-state index is 0.291. The van der Waals surface area contributed by atoms with Gasteiger partial charge in [0.05, 0.1) is 0 Å². The van der Waals surface area contributed by atoms with Crippen LogP contribution in [0.25, 0.3) is 0 Å². The average Bonchev–Trinajstić information content (AvgIpc) is 2.44. The molecule has 2 aromatic rings. The van der Waals surface area contributed by atoms with E-state index < -0.39 is 0 Å². The van der Waals surface area contributed by atoms with Crippen LogP contribution < -0.4 is 0 Å². The molecule has 0 saturated heterocycles. The summed E-state index contributed by atoms with van der Waals surface area (Å²) in [7, 11) is 0. The molecule has 3 heteroatoms. The molecule has 0 aliphatic heterocycles. The van der Waals surface area contributed by atoms with Crippen LogP contribution in [-0.4, -0.2) is 5.11 Å². The first kappa shape index (κ1) is 16.5. The van der Waals surface area contributed by atoms with E-state index in [2.05, 4.69) is 46.9 Å².